The van der Waals surface area contributed by atoms with Crippen molar-refractivity contribution in [1.29, 1.82) is 0 Å². The van der Waals surface area contributed by atoms with Crippen LogP contribution in [0.15, 0.2) is 47.4 Å². The van der Waals surface area contributed by atoms with Crippen molar-refractivity contribution < 1.29 is 26.0 Å². The van der Waals surface area contributed by atoms with Gasteiger partial charge in [0.05, 0.1) is 23.5 Å². The maximum absolute atomic E-state index is 13.5. The molecule has 0 aliphatic carbocycles. The molecule has 0 amide bonds. The average molecular weight is 428 g/mol. The molecular weight excluding hydrogens is 405 g/mol. The van der Waals surface area contributed by atoms with E-state index in [1.54, 1.807) is 24.3 Å². The summed E-state index contributed by atoms with van der Waals surface area (Å²) in [6, 6.07) is 9.72. The highest BCUT2D eigenvalue weighted by atomic mass is 32.2. The molecule has 6 nitrogen and oxygen atoms in total. The second-order valence-electron chi connectivity index (χ2n) is 6.87. The predicted molar refractivity (Wildman–Crippen MR) is 104 cm³/mol. The molecule has 2 aromatic carbocycles. The molecule has 1 heterocycles. The number of ether oxygens (including phenoxy) is 1. The molecule has 152 valence electrons. The van der Waals surface area contributed by atoms with Crippen molar-refractivity contribution in [2.24, 2.45) is 0 Å². The number of halogens is 1. The summed E-state index contributed by atoms with van der Waals surface area (Å²) in [4.78, 5) is -0.0216. The fraction of sp³-hybridized carbons (Fsp3) is 0.368. The summed E-state index contributed by atoms with van der Waals surface area (Å²) in [6.07, 6.45) is 0.234. The van der Waals surface area contributed by atoms with Gasteiger partial charge in [-0.2, -0.15) is 4.31 Å². The lowest BCUT2D eigenvalue weighted by atomic mass is 10.2. The van der Waals surface area contributed by atoms with Crippen LogP contribution in [0.1, 0.15) is 17.5 Å². The van der Waals surface area contributed by atoms with Gasteiger partial charge >= 0.3 is 0 Å². The Morgan fingerprint density at radius 3 is 2.39 bits per heavy atom. The Labute approximate surface area is 164 Å². The number of nitrogens with zero attached hydrogens (tertiary/aromatic N) is 1. The highest BCUT2D eigenvalue weighted by Gasteiger charge is 2.39. The third-order valence-electron chi connectivity index (χ3n) is 4.84. The summed E-state index contributed by atoms with van der Waals surface area (Å²) in [5, 5.41) is 0. The number of rotatable bonds is 6. The van der Waals surface area contributed by atoms with Crippen LogP contribution in [0.3, 0.4) is 0 Å². The summed E-state index contributed by atoms with van der Waals surface area (Å²) in [5.74, 6) is -0.158. The monoisotopic (exact) mass is 427 g/mol. The average Bonchev–Trinajstić information content (AvgIpc) is 2.99. The molecule has 1 aliphatic rings. The summed E-state index contributed by atoms with van der Waals surface area (Å²) in [6.45, 7) is 1.54. The molecule has 0 unspecified atom stereocenters. The zero-order chi connectivity index (χ0) is 20.5. The zero-order valence-corrected chi connectivity index (χ0v) is 17.3. The molecule has 0 N–H and O–H groups in total. The van der Waals surface area contributed by atoms with Crippen LogP contribution in [-0.2, 0) is 26.4 Å². The molecule has 3 rings (SSSR count). The lowest BCUT2D eigenvalue weighted by Gasteiger charge is -2.28. The van der Waals surface area contributed by atoms with Gasteiger partial charge in [-0.05, 0) is 54.8 Å². The van der Waals surface area contributed by atoms with Crippen molar-refractivity contribution in [3.05, 3.63) is 59.4 Å². The molecule has 1 fully saturated rings. The Balaban J connectivity index is 2.01. The van der Waals surface area contributed by atoms with Crippen LogP contribution < -0.4 is 4.74 Å². The minimum absolute atomic E-state index is 0.0172. The first-order valence-electron chi connectivity index (χ1n) is 8.74. The van der Waals surface area contributed by atoms with Crippen LogP contribution in [0.25, 0.3) is 0 Å². The van der Waals surface area contributed by atoms with Gasteiger partial charge in [-0.3, -0.25) is 0 Å². The van der Waals surface area contributed by atoms with Crippen molar-refractivity contribution >= 4 is 19.9 Å². The first kappa shape index (κ1) is 20.8. The van der Waals surface area contributed by atoms with E-state index in [2.05, 4.69) is 0 Å². The molecule has 28 heavy (non-hydrogen) atoms. The second-order valence-corrected chi connectivity index (χ2v) is 11.0. The summed E-state index contributed by atoms with van der Waals surface area (Å²) in [7, 11) is -5.78. The second kappa shape index (κ2) is 7.81. The quantitative estimate of drug-likeness (QED) is 0.708. The number of sulfonamides is 1. The molecular formula is C19H22FNO5S2. The Hall–Kier alpha value is -1.97. The van der Waals surface area contributed by atoms with E-state index in [4.69, 9.17) is 4.74 Å². The van der Waals surface area contributed by atoms with E-state index in [1.165, 1.54) is 24.4 Å². The van der Waals surface area contributed by atoms with E-state index >= 15 is 0 Å². The van der Waals surface area contributed by atoms with Crippen molar-refractivity contribution in [2.45, 2.75) is 30.8 Å². The molecule has 0 bridgehead atoms. The van der Waals surface area contributed by atoms with Gasteiger partial charge in [-0.1, -0.05) is 12.1 Å². The first-order valence-corrected chi connectivity index (χ1v) is 12.0. The molecule has 0 radical (unpaired) electrons. The summed E-state index contributed by atoms with van der Waals surface area (Å²) >= 11 is 0. The van der Waals surface area contributed by atoms with E-state index in [0.717, 1.165) is 12.1 Å². The molecule has 1 atom stereocenters. The largest absolute Gasteiger partial charge is 0.497 e. The first-order chi connectivity index (χ1) is 13.1. The zero-order valence-electron chi connectivity index (χ0n) is 15.6. The lowest BCUT2D eigenvalue weighted by molar-refractivity contribution is 0.334. The molecule has 0 aromatic heterocycles. The molecule has 2 aromatic rings. The van der Waals surface area contributed by atoms with Crippen LogP contribution >= 0.6 is 0 Å². The van der Waals surface area contributed by atoms with E-state index < -0.39 is 31.7 Å². The topological polar surface area (TPSA) is 80.8 Å². The predicted octanol–water partition coefficient (Wildman–Crippen LogP) is 2.52. The molecule has 1 saturated heterocycles. The maximum atomic E-state index is 13.5. The standard InChI is InChI=1S/C19H22FNO5S2/c1-14-11-16(20)5-8-19(14)28(24,25)21(17-9-10-27(22,23)13-17)12-15-3-6-18(26-2)7-4-15/h3-8,11,17H,9-10,12-13H2,1-2H3/t17-/m0/s1. The van der Waals surface area contributed by atoms with Gasteiger partial charge in [0, 0.05) is 12.6 Å². The van der Waals surface area contributed by atoms with Crippen molar-refractivity contribution in [2.75, 3.05) is 18.6 Å². The van der Waals surface area contributed by atoms with Crippen molar-refractivity contribution in [3.63, 3.8) is 0 Å². The molecule has 9 heteroatoms. The number of sulfone groups is 1. The van der Waals surface area contributed by atoms with Gasteiger partial charge in [0.2, 0.25) is 10.0 Å². The Morgan fingerprint density at radius 2 is 1.86 bits per heavy atom. The van der Waals surface area contributed by atoms with Crippen LogP contribution in [0.2, 0.25) is 0 Å². The van der Waals surface area contributed by atoms with Crippen LogP contribution in [0.4, 0.5) is 4.39 Å². The number of hydrogen-bond acceptors (Lipinski definition) is 5. The van der Waals surface area contributed by atoms with E-state index in [-0.39, 0.29) is 34.9 Å². The molecule has 1 aliphatic heterocycles. The van der Waals surface area contributed by atoms with Crippen LogP contribution in [-0.4, -0.2) is 45.8 Å². The van der Waals surface area contributed by atoms with E-state index in [9.17, 15) is 21.2 Å². The van der Waals surface area contributed by atoms with Gasteiger partial charge in [-0.25, -0.2) is 21.2 Å². The Morgan fingerprint density at radius 1 is 1.18 bits per heavy atom. The highest BCUT2D eigenvalue weighted by Crippen LogP contribution is 2.29. The fourth-order valence-electron chi connectivity index (χ4n) is 3.35. The van der Waals surface area contributed by atoms with E-state index in [1.807, 2.05) is 0 Å². The fourth-order valence-corrected chi connectivity index (χ4v) is 7.03. The Kier molecular flexibility index (Phi) is 5.79. The van der Waals surface area contributed by atoms with Crippen molar-refractivity contribution in [3.8, 4) is 5.75 Å². The van der Waals surface area contributed by atoms with Crippen LogP contribution in [0.5, 0.6) is 5.75 Å². The third-order valence-corrected chi connectivity index (χ3v) is 8.65. The van der Waals surface area contributed by atoms with Gasteiger partial charge in [0.25, 0.3) is 0 Å². The minimum Gasteiger partial charge on any atom is -0.497 e. The van der Waals surface area contributed by atoms with Gasteiger partial charge in [-0.15, -0.1) is 0 Å². The minimum atomic E-state index is -4.03. The lowest BCUT2D eigenvalue weighted by Crippen LogP contribution is -2.40. The smallest absolute Gasteiger partial charge is 0.243 e. The normalized spacial score (nSPS) is 19.1. The SMILES string of the molecule is COc1ccc(CN([C@H]2CCS(=O)(=O)C2)S(=O)(=O)c2ccc(F)cc2C)cc1. The van der Waals surface area contributed by atoms with Gasteiger partial charge in [0.15, 0.2) is 9.84 Å². The van der Waals surface area contributed by atoms with Crippen LogP contribution in [0, 0.1) is 12.7 Å². The van der Waals surface area contributed by atoms with Gasteiger partial charge in [0.1, 0.15) is 11.6 Å². The number of benzene rings is 2. The number of methoxy groups -OCH3 is 1. The summed E-state index contributed by atoms with van der Waals surface area (Å²) < 4.78 is 70.5. The number of aryl methyl sites for hydroxylation is 1. The van der Waals surface area contributed by atoms with E-state index in [0.29, 0.717) is 11.3 Å². The number of hydrogen-bond donors (Lipinski definition) is 0. The van der Waals surface area contributed by atoms with Gasteiger partial charge < -0.3 is 4.74 Å². The summed E-state index contributed by atoms with van der Waals surface area (Å²) in [5.41, 5.74) is 0.981. The molecule has 0 spiro atoms. The molecule has 0 saturated carbocycles. The maximum Gasteiger partial charge on any atom is 0.243 e. The van der Waals surface area contributed by atoms with Crippen molar-refractivity contribution in [1.82, 2.24) is 4.31 Å². The Bertz CT molecular complexity index is 1070. The highest BCUT2D eigenvalue weighted by molar-refractivity contribution is 7.92. The third kappa shape index (κ3) is 4.37.